The Morgan fingerprint density at radius 2 is 1.75 bits per heavy atom. The third-order valence-corrected chi connectivity index (χ3v) is 3.14. The first kappa shape index (κ1) is 13.9. The van der Waals surface area contributed by atoms with E-state index in [-0.39, 0.29) is 11.3 Å². The molecular formula is C17H16O3. The maximum Gasteiger partial charge on any atom is 0.336 e. The smallest absolute Gasteiger partial charge is 0.336 e. The van der Waals surface area contributed by atoms with E-state index < -0.39 is 5.97 Å². The van der Waals surface area contributed by atoms with E-state index in [1.165, 1.54) is 12.1 Å². The number of rotatable bonds is 4. The van der Waals surface area contributed by atoms with Crippen LogP contribution < -0.4 is 0 Å². The van der Waals surface area contributed by atoms with Crippen molar-refractivity contribution in [2.75, 3.05) is 0 Å². The summed E-state index contributed by atoms with van der Waals surface area (Å²) >= 11 is 0. The van der Waals surface area contributed by atoms with E-state index in [0.717, 1.165) is 12.0 Å². The third kappa shape index (κ3) is 3.06. The third-order valence-electron chi connectivity index (χ3n) is 3.14. The highest BCUT2D eigenvalue weighted by Crippen LogP contribution is 2.24. The molecule has 3 heteroatoms. The minimum absolute atomic E-state index is 0.0661. The molecule has 0 spiro atoms. The molecule has 0 aliphatic rings. The molecule has 2 N–H and O–H groups in total. The van der Waals surface area contributed by atoms with Crippen molar-refractivity contribution >= 4 is 17.6 Å². The fourth-order valence-corrected chi connectivity index (χ4v) is 1.95. The van der Waals surface area contributed by atoms with E-state index in [1.807, 2.05) is 19.1 Å². The largest absolute Gasteiger partial charge is 0.507 e. The SMILES string of the molecule is CCc1ccc(/C(=C/c2ccccc2O)C(=O)O)cc1. The van der Waals surface area contributed by atoms with Crippen LogP contribution in [0.15, 0.2) is 48.5 Å². The fourth-order valence-electron chi connectivity index (χ4n) is 1.95. The molecule has 3 nitrogen and oxygen atoms in total. The standard InChI is InChI=1S/C17H16O3/c1-2-12-7-9-13(10-8-12)15(17(19)20)11-14-5-3-4-6-16(14)18/h3-11,18H,2H2,1H3,(H,19,20)/b15-11-. The minimum Gasteiger partial charge on any atom is -0.507 e. The number of para-hydroxylation sites is 1. The second-order valence-corrected chi connectivity index (χ2v) is 4.47. The van der Waals surface area contributed by atoms with Gasteiger partial charge in [0.25, 0.3) is 0 Å². The van der Waals surface area contributed by atoms with Gasteiger partial charge in [-0.05, 0) is 29.7 Å². The summed E-state index contributed by atoms with van der Waals surface area (Å²) in [6.07, 6.45) is 2.39. The van der Waals surface area contributed by atoms with Crippen LogP contribution in [0.3, 0.4) is 0 Å². The molecule has 0 saturated carbocycles. The topological polar surface area (TPSA) is 57.5 Å². The average molecular weight is 268 g/mol. The molecular weight excluding hydrogens is 252 g/mol. The molecule has 0 aromatic heterocycles. The van der Waals surface area contributed by atoms with Crippen molar-refractivity contribution in [3.63, 3.8) is 0 Å². The predicted octanol–water partition coefficient (Wildman–Crippen LogP) is 3.58. The summed E-state index contributed by atoms with van der Waals surface area (Å²) in [4.78, 5) is 11.4. The Morgan fingerprint density at radius 3 is 2.30 bits per heavy atom. The molecule has 0 radical (unpaired) electrons. The van der Waals surface area contributed by atoms with Crippen molar-refractivity contribution in [3.8, 4) is 5.75 Å². The number of aryl methyl sites for hydroxylation is 1. The number of hydrogen-bond acceptors (Lipinski definition) is 2. The number of aromatic hydroxyl groups is 1. The van der Waals surface area contributed by atoms with Crippen molar-refractivity contribution < 1.29 is 15.0 Å². The van der Waals surface area contributed by atoms with Gasteiger partial charge in [-0.15, -0.1) is 0 Å². The first-order valence-electron chi connectivity index (χ1n) is 6.44. The maximum atomic E-state index is 11.4. The number of hydrogen-bond donors (Lipinski definition) is 2. The molecule has 2 aromatic rings. The highest BCUT2D eigenvalue weighted by Gasteiger charge is 2.11. The Morgan fingerprint density at radius 1 is 1.10 bits per heavy atom. The van der Waals surface area contributed by atoms with Crippen LogP contribution >= 0.6 is 0 Å². The number of carbonyl (C=O) groups is 1. The monoisotopic (exact) mass is 268 g/mol. The number of benzene rings is 2. The van der Waals surface area contributed by atoms with Crippen LogP contribution in [0.4, 0.5) is 0 Å². The average Bonchev–Trinajstić information content (AvgIpc) is 2.46. The van der Waals surface area contributed by atoms with Gasteiger partial charge in [0.1, 0.15) is 5.75 Å². The highest BCUT2D eigenvalue weighted by molar-refractivity contribution is 6.20. The lowest BCUT2D eigenvalue weighted by Crippen LogP contribution is -2.00. The molecule has 0 unspecified atom stereocenters. The van der Waals surface area contributed by atoms with Crippen LogP contribution in [0.5, 0.6) is 5.75 Å². The predicted molar refractivity (Wildman–Crippen MR) is 79.4 cm³/mol. The lowest BCUT2D eigenvalue weighted by molar-refractivity contribution is -0.130. The Bertz CT molecular complexity index is 640. The van der Waals surface area contributed by atoms with Crippen molar-refractivity contribution in [3.05, 3.63) is 65.2 Å². The van der Waals surface area contributed by atoms with E-state index in [0.29, 0.717) is 11.1 Å². The first-order valence-corrected chi connectivity index (χ1v) is 6.44. The Kier molecular flexibility index (Phi) is 4.20. The Labute approximate surface area is 117 Å². The van der Waals surface area contributed by atoms with Gasteiger partial charge in [0.2, 0.25) is 0 Å². The van der Waals surface area contributed by atoms with Gasteiger partial charge in [0.15, 0.2) is 0 Å². The van der Waals surface area contributed by atoms with Crippen molar-refractivity contribution in [1.29, 1.82) is 0 Å². The fraction of sp³-hybridized carbons (Fsp3) is 0.118. The zero-order valence-corrected chi connectivity index (χ0v) is 11.2. The number of carboxylic acid groups (broad SMARTS) is 1. The van der Waals surface area contributed by atoms with Gasteiger partial charge in [0, 0.05) is 5.56 Å². The highest BCUT2D eigenvalue weighted by atomic mass is 16.4. The zero-order valence-electron chi connectivity index (χ0n) is 11.2. The van der Waals surface area contributed by atoms with Crippen molar-refractivity contribution in [1.82, 2.24) is 0 Å². The molecule has 102 valence electrons. The molecule has 0 atom stereocenters. The van der Waals surface area contributed by atoms with E-state index in [2.05, 4.69) is 0 Å². The Hall–Kier alpha value is -2.55. The van der Waals surface area contributed by atoms with Crippen LogP contribution in [-0.4, -0.2) is 16.2 Å². The van der Waals surface area contributed by atoms with Gasteiger partial charge in [0.05, 0.1) is 5.57 Å². The van der Waals surface area contributed by atoms with Gasteiger partial charge < -0.3 is 10.2 Å². The number of aliphatic carboxylic acids is 1. The molecule has 0 saturated heterocycles. The summed E-state index contributed by atoms with van der Waals surface area (Å²) in [5.74, 6) is -0.950. The molecule has 2 rings (SSSR count). The normalized spacial score (nSPS) is 11.3. The second-order valence-electron chi connectivity index (χ2n) is 4.47. The molecule has 0 fully saturated rings. The van der Waals surface area contributed by atoms with Gasteiger partial charge >= 0.3 is 5.97 Å². The molecule has 20 heavy (non-hydrogen) atoms. The van der Waals surface area contributed by atoms with Crippen LogP contribution in [0, 0.1) is 0 Å². The lowest BCUT2D eigenvalue weighted by Gasteiger charge is -2.05. The van der Waals surface area contributed by atoms with Gasteiger partial charge in [-0.1, -0.05) is 49.4 Å². The summed E-state index contributed by atoms with van der Waals surface area (Å²) < 4.78 is 0. The van der Waals surface area contributed by atoms with Crippen molar-refractivity contribution in [2.45, 2.75) is 13.3 Å². The number of phenols is 1. The first-order chi connectivity index (χ1) is 9.61. The van der Waals surface area contributed by atoms with Crippen LogP contribution in [0.2, 0.25) is 0 Å². The van der Waals surface area contributed by atoms with E-state index in [9.17, 15) is 15.0 Å². The van der Waals surface area contributed by atoms with Gasteiger partial charge in [-0.3, -0.25) is 0 Å². The van der Waals surface area contributed by atoms with Crippen LogP contribution in [-0.2, 0) is 11.2 Å². The molecule has 0 aliphatic carbocycles. The Balaban J connectivity index is 2.46. The molecule has 2 aromatic carbocycles. The van der Waals surface area contributed by atoms with E-state index in [4.69, 9.17) is 0 Å². The van der Waals surface area contributed by atoms with Crippen LogP contribution in [0.25, 0.3) is 11.6 Å². The molecule has 0 amide bonds. The van der Waals surface area contributed by atoms with Crippen LogP contribution in [0.1, 0.15) is 23.6 Å². The molecule has 0 bridgehead atoms. The molecule has 0 heterocycles. The van der Waals surface area contributed by atoms with Crippen molar-refractivity contribution in [2.24, 2.45) is 0 Å². The quantitative estimate of drug-likeness (QED) is 0.658. The number of carboxylic acids is 1. The van der Waals surface area contributed by atoms with E-state index in [1.54, 1.807) is 30.3 Å². The summed E-state index contributed by atoms with van der Waals surface area (Å²) in [6.45, 7) is 2.05. The lowest BCUT2D eigenvalue weighted by atomic mass is 10.0. The minimum atomic E-state index is -1.02. The summed E-state index contributed by atoms with van der Waals surface area (Å²) in [5.41, 5.74) is 2.43. The van der Waals surface area contributed by atoms with E-state index >= 15 is 0 Å². The van der Waals surface area contributed by atoms with Gasteiger partial charge in [-0.2, -0.15) is 0 Å². The summed E-state index contributed by atoms with van der Waals surface area (Å²) in [7, 11) is 0. The second kappa shape index (κ2) is 6.06. The maximum absolute atomic E-state index is 11.4. The molecule has 0 aliphatic heterocycles. The zero-order chi connectivity index (χ0) is 14.5. The number of phenolic OH excluding ortho intramolecular Hbond substituents is 1. The summed E-state index contributed by atoms with van der Waals surface area (Å²) in [6, 6.07) is 14.1. The summed E-state index contributed by atoms with van der Waals surface area (Å²) in [5, 5.41) is 19.1. The van der Waals surface area contributed by atoms with Gasteiger partial charge in [-0.25, -0.2) is 4.79 Å².